The van der Waals surface area contributed by atoms with Gasteiger partial charge < -0.3 is 14.8 Å². The number of nitrogens with one attached hydrogen (secondary N) is 1. The Balaban J connectivity index is 1.82. The third-order valence-electron chi connectivity index (χ3n) is 4.11. The van der Waals surface area contributed by atoms with Gasteiger partial charge in [0.15, 0.2) is 5.54 Å². The van der Waals surface area contributed by atoms with Gasteiger partial charge in [-0.05, 0) is 26.8 Å². The predicted octanol–water partition coefficient (Wildman–Crippen LogP) is 2.03. The fraction of sp³-hybridized carbons (Fsp3) is 0.529. The number of nitrogens with zero attached hydrogens (tertiary/aromatic N) is 1. The monoisotopic (exact) mass is 318 g/mol. The van der Waals surface area contributed by atoms with Gasteiger partial charge >= 0.3 is 6.03 Å². The number of carbonyl (C=O) groups excluding carboxylic acids is 2. The summed E-state index contributed by atoms with van der Waals surface area (Å²) in [5, 5.41) is 2.87. The summed E-state index contributed by atoms with van der Waals surface area (Å²) in [5.74, 6) is 0.427. The lowest BCUT2D eigenvalue weighted by Crippen LogP contribution is -2.47. The molecular weight excluding hydrogens is 296 g/mol. The Hall–Kier alpha value is -2.08. The lowest BCUT2D eigenvalue weighted by atomic mass is 9.84. The maximum Gasteiger partial charge on any atom is 0.325 e. The molecule has 1 aromatic carbocycles. The highest BCUT2D eigenvalue weighted by Crippen LogP contribution is 2.40. The molecule has 23 heavy (non-hydrogen) atoms. The molecule has 3 amide bonds. The Labute approximate surface area is 135 Å². The van der Waals surface area contributed by atoms with Gasteiger partial charge in [-0.2, -0.15) is 0 Å². The summed E-state index contributed by atoms with van der Waals surface area (Å²) in [4.78, 5) is 26.5. The number of hydrogen-bond donors (Lipinski definition) is 1. The van der Waals surface area contributed by atoms with Crippen LogP contribution in [0.2, 0.25) is 0 Å². The molecule has 1 fully saturated rings. The second kappa shape index (κ2) is 5.53. The molecular formula is C17H22N2O4. The van der Waals surface area contributed by atoms with E-state index in [2.05, 4.69) is 5.32 Å². The number of rotatable bonds is 3. The van der Waals surface area contributed by atoms with E-state index in [-0.39, 0.29) is 24.1 Å². The van der Waals surface area contributed by atoms with Crippen molar-refractivity contribution in [3.05, 3.63) is 29.8 Å². The highest BCUT2D eigenvalue weighted by atomic mass is 16.5. The SMILES string of the molecule is CC(C)(C)OCCN1C(=O)N[C@]2(CCOc3ccccc32)C1=O. The molecule has 1 aromatic rings. The number of para-hydroxylation sites is 1. The molecule has 1 N–H and O–H groups in total. The fourth-order valence-corrected chi connectivity index (χ4v) is 3.02. The van der Waals surface area contributed by atoms with Crippen molar-refractivity contribution >= 4 is 11.9 Å². The van der Waals surface area contributed by atoms with E-state index >= 15 is 0 Å². The number of ether oxygens (including phenoxy) is 2. The van der Waals surface area contributed by atoms with E-state index in [1.807, 2.05) is 45.0 Å². The molecule has 2 aliphatic heterocycles. The standard InChI is InChI=1S/C17H22N2O4/c1-16(2,3)23-11-9-19-14(20)17(18-15(19)21)8-10-22-13-7-5-4-6-12(13)17/h4-7H,8-11H2,1-3H3,(H,18,21)/t17-/m0/s1. The van der Waals surface area contributed by atoms with E-state index in [9.17, 15) is 9.59 Å². The van der Waals surface area contributed by atoms with Crippen LogP contribution in [0, 0.1) is 0 Å². The Morgan fingerprint density at radius 1 is 1.30 bits per heavy atom. The number of amides is 3. The molecule has 0 bridgehead atoms. The number of fused-ring (bicyclic) bond motifs is 2. The van der Waals surface area contributed by atoms with Crippen molar-refractivity contribution in [2.75, 3.05) is 19.8 Å². The van der Waals surface area contributed by atoms with Crippen LogP contribution in [-0.2, 0) is 15.1 Å². The van der Waals surface area contributed by atoms with Gasteiger partial charge in [0, 0.05) is 12.0 Å². The summed E-state index contributed by atoms with van der Waals surface area (Å²) in [7, 11) is 0. The molecule has 2 aliphatic rings. The van der Waals surface area contributed by atoms with Crippen LogP contribution in [0.1, 0.15) is 32.8 Å². The van der Waals surface area contributed by atoms with Gasteiger partial charge in [0.2, 0.25) is 0 Å². The first-order valence-corrected chi connectivity index (χ1v) is 7.84. The first kappa shape index (κ1) is 15.8. The number of benzene rings is 1. The lowest BCUT2D eigenvalue weighted by Gasteiger charge is -2.33. The summed E-state index contributed by atoms with van der Waals surface area (Å²) in [5.41, 5.74) is -0.584. The van der Waals surface area contributed by atoms with Gasteiger partial charge in [-0.3, -0.25) is 9.69 Å². The van der Waals surface area contributed by atoms with Crippen LogP contribution in [0.25, 0.3) is 0 Å². The van der Waals surface area contributed by atoms with Crippen LogP contribution in [-0.4, -0.2) is 42.2 Å². The largest absolute Gasteiger partial charge is 0.493 e. The maximum atomic E-state index is 12.9. The van der Waals surface area contributed by atoms with Crippen LogP contribution in [0.15, 0.2) is 24.3 Å². The Kier molecular flexibility index (Phi) is 3.80. The van der Waals surface area contributed by atoms with Crippen molar-refractivity contribution in [3.63, 3.8) is 0 Å². The first-order chi connectivity index (χ1) is 10.8. The van der Waals surface area contributed by atoms with Crippen LogP contribution < -0.4 is 10.1 Å². The second-order valence-corrected chi connectivity index (χ2v) is 6.85. The Morgan fingerprint density at radius 3 is 2.78 bits per heavy atom. The molecule has 3 rings (SSSR count). The highest BCUT2D eigenvalue weighted by molar-refractivity contribution is 6.07. The van der Waals surface area contributed by atoms with Gasteiger partial charge in [-0.25, -0.2) is 4.79 Å². The van der Waals surface area contributed by atoms with Crippen molar-refractivity contribution in [2.45, 2.75) is 38.3 Å². The van der Waals surface area contributed by atoms with Crippen molar-refractivity contribution in [1.29, 1.82) is 0 Å². The lowest BCUT2D eigenvalue weighted by molar-refractivity contribution is -0.133. The van der Waals surface area contributed by atoms with Crippen LogP contribution in [0.3, 0.4) is 0 Å². The van der Waals surface area contributed by atoms with Gasteiger partial charge in [0.25, 0.3) is 5.91 Å². The van der Waals surface area contributed by atoms with E-state index in [1.165, 1.54) is 4.90 Å². The van der Waals surface area contributed by atoms with Gasteiger partial charge in [0.1, 0.15) is 5.75 Å². The predicted molar refractivity (Wildman–Crippen MR) is 84.2 cm³/mol. The second-order valence-electron chi connectivity index (χ2n) is 6.85. The highest BCUT2D eigenvalue weighted by Gasteiger charge is 2.54. The van der Waals surface area contributed by atoms with Gasteiger partial charge in [0.05, 0.1) is 25.4 Å². The summed E-state index contributed by atoms with van der Waals surface area (Å²) in [6.07, 6.45) is 0.436. The van der Waals surface area contributed by atoms with Gasteiger partial charge in [-0.1, -0.05) is 18.2 Å². The minimum Gasteiger partial charge on any atom is -0.493 e. The Morgan fingerprint density at radius 2 is 2.04 bits per heavy atom. The number of hydrogen-bond acceptors (Lipinski definition) is 4. The molecule has 1 atom stereocenters. The third kappa shape index (κ3) is 2.79. The van der Waals surface area contributed by atoms with Crippen LogP contribution in [0.4, 0.5) is 4.79 Å². The molecule has 1 spiro atoms. The number of imide groups is 1. The molecule has 1 saturated heterocycles. The molecule has 0 aromatic heterocycles. The summed E-state index contributed by atoms with van der Waals surface area (Å²) >= 11 is 0. The summed E-state index contributed by atoms with van der Waals surface area (Å²) < 4.78 is 11.2. The van der Waals surface area contributed by atoms with E-state index in [1.54, 1.807) is 0 Å². The van der Waals surface area contributed by atoms with E-state index < -0.39 is 5.54 Å². The minimum absolute atomic E-state index is 0.226. The topological polar surface area (TPSA) is 67.9 Å². The van der Waals surface area contributed by atoms with Crippen molar-refractivity contribution in [2.24, 2.45) is 0 Å². The maximum absolute atomic E-state index is 12.9. The molecule has 0 radical (unpaired) electrons. The molecule has 2 heterocycles. The van der Waals surface area contributed by atoms with Crippen LogP contribution in [0.5, 0.6) is 5.75 Å². The summed E-state index contributed by atoms with van der Waals surface area (Å²) in [6.45, 7) is 6.78. The smallest absolute Gasteiger partial charge is 0.325 e. The van der Waals surface area contributed by atoms with Crippen LogP contribution >= 0.6 is 0 Å². The fourth-order valence-electron chi connectivity index (χ4n) is 3.02. The van der Waals surface area contributed by atoms with E-state index in [0.717, 1.165) is 5.56 Å². The molecule has 0 unspecified atom stereocenters. The van der Waals surface area contributed by atoms with Crippen molar-refractivity contribution in [3.8, 4) is 5.75 Å². The minimum atomic E-state index is -1.01. The molecule has 124 valence electrons. The first-order valence-electron chi connectivity index (χ1n) is 7.84. The number of carbonyl (C=O) groups is 2. The van der Waals surface area contributed by atoms with Gasteiger partial charge in [-0.15, -0.1) is 0 Å². The van der Waals surface area contributed by atoms with Crippen molar-refractivity contribution in [1.82, 2.24) is 10.2 Å². The molecule has 6 nitrogen and oxygen atoms in total. The molecule has 6 heteroatoms. The normalized spacial score (nSPS) is 23.7. The van der Waals surface area contributed by atoms with E-state index in [4.69, 9.17) is 9.47 Å². The van der Waals surface area contributed by atoms with Crippen molar-refractivity contribution < 1.29 is 19.1 Å². The summed E-state index contributed by atoms with van der Waals surface area (Å²) in [6, 6.07) is 6.99. The average Bonchev–Trinajstić information content (AvgIpc) is 2.72. The third-order valence-corrected chi connectivity index (χ3v) is 4.11. The van der Waals surface area contributed by atoms with E-state index in [0.29, 0.717) is 25.4 Å². The quantitative estimate of drug-likeness (QED) is 0.866. The zero-order chi connectivity index (χ0) is 16.7. The number of urea groups is 1. The zero-order valence-corrected chi connectivity index (χ0v) is 13.7. The Bertz CT molecular complexity index is 638. The average molecular weight is 318 g/mol. The molecule has 0 aliphatic carbocycles. The zero-order valence-electron chi connectivity index (χ0n) is 13.7. The molecule has 0 saturated carbocycles.